The number of carbonyl (C=O) groups is 2. The number of ether oxygens (including phenoxy) is 1. The van der Waals surface area contributed by atoms with Gasteiger partial charge in [0.1, 0.15) is 10.3 Å². The minimum atomic E-state index is -0.291. The third kappa shape index (κ3) is 5.16. The number of anilines is 1. The molecular weight excluding hydrogens is 278 g/mol. The number of hydrogen-bond donors (Lipinski definition) is 1. The Hall–Kier alpha value is -1.63. The second-order valence-corrected chi connectivity index (χ2v) is 5.15. The molecule has 1 aromatic rings. The molecule has 1 N–H and O–H groups in total. The van der Waals surface area contributed by atoms with E-state index in [1.54, 1.807) is 26.0 Å². The maximum Gasteiger partial charge on any atom is 0.319 e. The molecule has 1 unspecified atom stereocenters. The van der Waals surface area contributed by atoms with Gasteiger partial charge in [-0.25, -0.2) is 0 Å². The zero-order valence-corrected chi connectivity index (χ0v) is 12.7. The number of hydrogen-bond acceptors (Lipinski definition) is 6. The van der Waals surface area contributed by atoms with Crippen molar-refractivity contribution < 1.29 is 14.3 Å². The molecule has 1 rings (SSSR count). The van der Waals surface area contributed by atoms with Crippen molar-refractivity contribution in [3.63, 3.8) is 0 Å². The van der Waals surface area contributed by atoms with Crippen LogP contribution < -0.4 is 5.32 Å². The summed E-state index contributed by atoms with van der Waals surface area (Å²) in [6.45, 7) is 5.82. The third-order valence-electron chi connectivity index (χ3n) is 2.41. The maximum atomic E-state index is 11.7. The van der Waals surface area contributed by atoms with E-state index in [4.69, 9.17) is 4.74 Å². The van der Waals surface area contributed by atoms with Crippen LogP contribution in [0.5, 0.6) is 0 Å². The molecule has 0 saturated carbocycles. The number of nitrogens with one attached hydrogen (secondary N) is 1. The standard InChI is InChI=1S/C13H19N3O3S/c1-4-9(13(18)19-6-3)20-12-8-7-10(15-16-12)14-11(17)5-2/h7-9H,4-6H2,1-3H3,(H,14,15,17). The van der Waals surface area contributed by atoms with Crippen molar-refractivity contribution in [1.29, 1.82) is 0 Å². The van der Waals surface area contributed by atoms with Gasteiger partial charge < -0.3 is 10.1 Å². The van der Waals surface area contributed by atoms with Crippen LogP contribution >= 0.6 is 11.8 Å². The Morgan fingerprint density at radius 1 is 1.30 bits per heavy atom. The first-order chi connectivity index (χ1) is 9.60. The van der Waals surface area contributed by atoms with Crippen molar-refractivity contribution in [2.45, 2.75) is 43.9 Å². The summed E-state index contributed by atoms with van der Waals surface area (Å²) in [6.07, 6.45) is 1.04. The summed E-state index contributed by atoms with van der Waals surface area (Å²) >= 11 is 1.31. The first-order valence-electron chi connectivity index (χ1n) is 6.57. The summed E-state index contributed by atoms with van der Waals surface area (Å²) in [4.78, 5) is 22.9. The molecule has 1 heterocycles. The van der Waals surface area contributed by atoms with Gasteiger partial charge in [-0.15, -0.1) is 10.2 Å². The minimum absolute atomic E-state index is 0.113. The van der Waals surface area contributed by atoms with Crippen LogP contribution in [0.3, 0.4) is 0 Å². The fraction of sp³-hybridized carbons (Fsp3) is 0.538. The van der Waals surface area contributed by atoms with Crippen molar-refractivity contribution in [2.75, 3.05) is 11.9 Å². The molecule has 0 aromatic carbocycles. The predicted molar refractivity (Wildman–Crippen MR) is 77.5 cm³/mol. The molecule has 0 aliphatic heterocycles. The normalized spacial score (nSPS) is 11.8. The van der Waals surface area contributed by atoms with Gasteiger partial charge in [0.05, 0.1) is 6.61 Å². The number of esters is 1. The first kappa shape index (κ1) is 16.4. The van der Waals surface area contributed by atoms with Crippen LogP contribution in [0.2, 0.25) is 0 Å². The van der Waals surface area contributed by atoms with Crippen LogP contribution in [-0.4, -0.2) is 33.9 Å². The van der Waals surface area contributed by atoms with Crippen molar-refractivity contribution in [3.8, 4) is 0 Å². The van der Waals surface area contributed by atoms with E-state index >= 15 is 0 Å². The quantitative estimate of drug-likeness (QED) is 0.614. The predicted octanol–water partition coefficient (Wildman–Crippen LogP) is 2.26. The maximum absolute atomic E-state index is 11.7. The van der Waals surface area contributed by atoms with Crippen molar-refractivity contribution in [2.24, 2.45) is 0 Å². The van der Waals surface area contributed by atoms with Gasteiger partial charge in [0.25, 0.3) is 0 Å². The number of rotatable bonds is 7. The SMILES string of the molecule is CCOC(=O)C(CC)Sc1ccc(NC(=O)CC)nn1. The second kappa shape index (κ2) is 8.52. The van der Waals surface area contributed by atoms with Crippen molar-refractivity contribution in [3.05, 3.63) is 12.1 Å². The van der Waals surface area contributed by atoms with E-state index in [-0.39, 0.29) is 17.1 Å². The molecule has 110 valence electrons. The molecule has 0 radical (unpaired) electrons. The highest BCUT2D eigenvalue weighted by molar-refractivity contribution is 8.00. The minimum Gasteiger partial charge on any atom is -0.465 e. The molecule has 7 heteroatoms. The van der Waals surface area contributed by atoms with Crippen LogP contribution in [0.25, 0.3) is 0 Å². The van der Waals surface area contributed by atoms with Gasteiger partial charge >= 0.3 is 5.97 Å². The molecule has 1 aromatic heterocycles. The van der Waals surface area contributed by atoms with Gasteiger partial charge in [0.2, 0.25) is 5.91 Å². The van der Waals surface area contributed by atoms with Crippen molar-refractivity contribution >= 4 is 29.5 Å². The number of aromatic nitrogens is 2. The Kier molecular flexibility index (Phi) is 7.00. The Labute approximate surface area is 122 Å². The largest absolute Gasteiger partial charge is 0.465 e. The highest BCUT2D eigenvalue weighted by atomic mass is 32.2. The lowest BCUT2D eigenvalue weighted by molar-refractivity contribution is -0.142. The summed E-state index contributed by atoms with van der Waals surface area (Å²) in [7, 11) is 0. The Morgan fingerprint density at radius 2 is 2.05 bits per heavy atom. The highest BCUT2D eigenvalue weighted by Gasteiger charge is 2.19. The third-order valence-corrected chi connectivity index (χ3v) is 3.68. The fourth-order valence-electron chi connectivity index (χ4n) is 1.36. The zero-order valence-electron chi connectivity index (χ0n) is 11.9. The smallest absolute Gasteiger partial charge is 0.319 e. The highest BCUT2D eigenvalue weighted by Crippen LogP contribution is 2.24. The van der Waals surface area contributed by atoms with E-state index in [1.165, 1.54) is 11.8 Å². The van der Waals surface area contributed by atoms with E-state index in [1.807, 2.05) is 6.92 Å². The molecule has 0 fully saturated rings. The molecule has 0 aliphatic rings. The Balaban J connectivity index is 2.63. The van der Waals surface area contributed by atoms with E-state index in [9.17, 15) is 9.59 Å². The van der Waals surface area contributed by atoms with Crippen LogP contribution in [0.1, 0.15) is 33.6 Å². The molecule has 0 spiro atoms. The summed E-state index contributed by atoms with van der Waals surface area (Å²) in [5.41, 5.74) is 0. The molecule has 20 heavy (non-hydrogen) atoms. The number of carbonyl (C=O) groups excluding carboxylic acids is 2. The number of amides is 1. The molecule has 6 nitrogen and oxygen atoms in total. The van der Waals surface area contributed by atoms with Gasteiger partial charge in [-0.3, -0.25) is 9.59 Å². The summed E-state index contributed by atoms with van der Waals surface area (Å²) < 4.78 is 4.99. The average molecular weight is 297 g/mol. The lowest BCUT2D eigenvalue weighted by Gasteiger charge is -2.12. The molecule has 1 atom stereocenters. The zero-order chi connectivity index (χ0) is 15.0. The topological polar surface area (TPSA) is 81.2 Å². The molecular formula is C13H19N3O3S. The van der Waals surface area contributed by atoms with Gasteiger partial charge in [-0.2, -0.15) is 0 Å². The van der Waals surface area contributed by atoms with E-state index in [0.717, 1.165) is 0 Å². The summed E-state index contributed by atoms with van der Waals surface area (Å²) in [5, 5.41) is 10.8. The van der Waals surface area contributed by atoms with Crippen molar-refractivity contribution in [1.82, 2.24) is 10.2 Å². The van der Waals surface area contributed by atoms with Crippen LogP contribution in [0.4, 0.5) is 5.82 Å². The van der Waals surface area contributed by atoms with Gasteiger partial charge in [0, 0.05) is 6.42 Å². The Bertz CT molecular complexity index is 451. The first-order valence-corrected chi connectivity index (χ1v) is 7.45. The monoisotopic (exact) mass is 297 g/mol. The average Bonchev–Trinajstić information content (AvgIpc) is 2.46. The van der Waals surface area contributed by atoms with E-state index in [2.05, 4.69) is 15.5 Å². The molecule has 0 aliphatic carbocycles. The van der Waals surface area contributed by atoms with Crippen LogP contribution in [0.15, 0.2) is 17.2 Å². The second-order valence-electron chi connectivity index (χ2n) is 3.93. The van der Waals surface area contributed by atoms with Crippen LogP contribution in [0, 0.1) is 0 Å². The van der Waals surface area contributed by atoms with Gasteiger partial charge in [-0.05, 0) is 25.5 Å². The fourth-order valence-corrected chi connectivity index (χ4v) is 2.22. The van der Waals surface area contributed by atoms with Gasteiger partial charge in [-0.1, -0.05) is 25.6 Å². The van der Waals surface area contributed by atoms with Crippen LogP contribution in [-0.2, 0) is 14.3 Å². The molecule has 0 bridgehead atoms. The molecule has 1 amide bonds. The lowest BCUT2D eigenvalue weighted by atomic mass is 10.3. The summed E-state index contributed by atoms with van der Waals surface area (Å²) in [6, 6.07) is 3.39. The van der Waals surface area contributed by atoms with E-state index in [0.29, 0.717) is 30.3 Å². The molecule has 0 saturated heterocycles. The summed E-state index contributed by atoms with van der Waals surface area (Å²) in [5.74, 6) is 0.0493. The van der Waals surface area contributed by atoms with E-state index < -0.39 is 0 Å². The number of nitrogens with zero attached hydrogens (tertiary/aromatic N) is 2. The van der Waals surface area contributed by atoms with Gasteiger partial charge in [0.15, 0.2) is 5.82 Å². The lowest BCUT2D eigenvalue weighted by Crippen LogP contribution is -2.19. The Morgan fingerprint density at radius 3 is 2.55 bits per heavy atom. The number of thioether (sulfide) groups is 1.